The molecule has 112 valence electrons. The summed E-state index contributed by atoms with van der Waals surface area (Å²) in [5, 5.41) is 10.2. The summed E-state index contributed by atoms with van der Waals surface area (Å²) in [6, 6.07) is 2.94. The fourth-order valence-corrected chi connectivity index (χ4v) is 1.96. The zero-order chi connectivity index (χ0) is 15.6. The van der Waals surface area contributed by atoms with Crippen LogP contribution >= 0.6 is 0 Å². The maximum Gasteiger partial charge on any atom is 0.379 e. The molecule has 0 radical (unpaired) electrons. The summed E-state index contributed by atoms with van der Waals surface area (Å²) in [5.41, 5.74) is 0.153. The standard InChI is InChI=1S/C14H14O7/c1-18-9-4-7(5-10(19-2)13(9)20-3)11(15)8-6-21-14(17)12(8)16/h4-5,15H,6H2,1-3H3/b11-8-. The van der Waals surface area contributed by atoms with E-state index in [0.717, 1.165) is 0 Å². The zero-order valence-electron chi connectivity index (χ0n) is 11.8. The predicted octanol–water partition coefficient (Wildman–Crippen LogP) is 1.11. The summed E-state index contributed by atoms with van der Waals surface area (Å²) in [6.45, 7) is -0.264. The van der Waals surface area contributed by atoms with Crippen LogP contribution in [0.25, 0.3) is 5.76 Å². The van der Waals surface area contributed by atoms with Crippen LogP contribution in [-0.2, 0) is 14.3 Å². The van der Waals surface area contributed by atoms with Crippen molar-refractivity contribution in [2.75, 3.05) is 27.9 Å². The lowest BCUT2D eigenvalue weighted by molar-refractivity contribution is -0.146. The minimum absolute atomic E-state index is 0.103. The quantitative estimate of drug-likeness (QED) is 0.385. The van der Waals surface area contributed by atoms with Crippen LogP contribution in [0.4, 0.5) is 0 Å². The van der Waals surface area contributed by atoms with Gasteiger partial charge in [-0.05, 0) is 12.1 Å². The number of ketones is 1. The fraction of sp³-hybridized carbons (Fsp3) is 0.286. The van der Waals surface area contributed by atoms with Gasteiger partial charge in [0.2, 0.25) is 5.75 Å². The van der Waals surface area contributed by atoms with Gasteiger partial charge in [0.15, 0.2) is 11.5 Å². The van der Waals surface area contributed by atoms with Crippen molar-refractivity contribution in [1.29, 1.82) is 0 Å². The number of rotatable bonds is 4. The number of benzene rings is 1. The molecule has 1 N–H and O–H groups in total. The Labute approximate surface area is 120 Å². The van der Waals surface area contributed by atoms with Crippen molar-refractivity contribution in [3.05, 3.63) is 23.3 Å². The first-order valence-electron chi connectivity index (χ1n) is 5.97. The number of esters is 1. The van der Waals surface area contributed by atoms with E-state index in [1.807, 2.05) is 0 Å². The first kappa shape index (κ1) is 14.7. The molecular formula is C14H14O7. The van der Waals surface area contributed by atoms with Crippen molar-refractivity contribution < 1.29 is 33.6 Å². The Kier molecular flexibility index (Phi) is 4.02. The molecule has 21 heavy (non-hydrogen) atoms. The minimum Gasteiger partial charge on any atom is -0.507 e. The molecular weight excluding hydrogens is 280 g/mol. The predicted molar refractivity (Wildman–Crippen MR) is 71.6 cm³/mol. The van der Waals surface area contributed by atoms with Gasteiger partial charge in [-0.2, -0.15) is 0 Å². The molecule has 1 aliphatic heterocycles. The van der Waals surface area contributed by atoms with Gasteiger partial charge in [0, 0.05) is 5.56 Å². The van der Waals surface area contributed by atoms with E-state index in [9.17, 15) is 14.7 Å². The number of hydrogen-bond donors (Lipinski definition) is 1. The SMILES string of the molecule is COc1cc(/C(O)=C2\COC(=O)C2=O)cc(OC)c1OC. The molecule has 1 aromatic rings. The summed E-state index contributed by atoms with van der Waals surface area (Å²) in [6.07, 6.45) is 0. The Bertz CT molecular complexity index is 605. The molecule has 1 fully saturated rings. The third-order valence-corrected chi connectivity index (χ3v) is 3.03. The lowest BCUT2D eigenvalue weighted by atomic mass is 10.1. The van der Waals surface area contributed by atoms with Crippen LogP contribution in [0, 0.1) is 0 Å². The normalized spacial score (nSPS) is 16.5. The molecule has 1 aliphatic rings. The maximum atomic E-state index is 11.6. The molecule has 0 aromatic heterocycles. The van der Waals surface area contributed by atoms with Crippen LogP contribution in [-0.4, -0.2) is 44.8 Å². The van der Waals surface area contributed by atoms with E-state index in [1.165, 1.54) is 33.5 Å². The van der Waals surface area contributed by atoms with E-state index in [2.05, 4.69) is 4.74 Å². The Morgan fingerprint density at radius 2 is 1.67 bits per heavy atom. The molecule has 1 aromatic carbocycles. The maximum absolute atomic E-state index is 11.6. The van der Waals surface area contributed by atoms with Crippen molar-refractivity contribution in [3.8, 4) is 17.2 Å². The van der Waals surface area contributed by atoms with Crippen LogP contribution < -0.4 is 14.2 Å². The average Bonchev–Trinajstić information content (AvgIpc) is 2.84. The molecule has 0 saturated carbocycles. The molecule has 2 rings (SSSR count). The van der Waals surface area contributed by atoms with Gasteiger partial charge in [0.05, 0.1) is 26.9 Å². The minimum atomic E-state index is -0.982. The summed E-state index contributed by atoms with van der Waals surface area (Å²) in [7, 11) is 4.31. The number of hydrogen-bond acceptors (Lipinski definition) is 7. The molecule has 0 bridgehead atoms. The number of aliphatic hydroxyl groups is 1. The number of cyclic esters (lactones) is 1. The van der Waals surface area contributed by atoms with Crippen molar-refractivity contribution in [3.63, 3.8) is 0 Å². The van der Waals surface area contributed by atoms with Gasteiger partial charge >= 0.3 is 5.97 Å². The Balaban J connectivity index is 2.57. The summed E-state index contributed by atoms with van der Waals surface area (Å²) in [4.78, 5) is 22.7. The van der Waals surface area contributed by atoms with E-state index in [1.54, 1.807) is 0 Å². The van der Waals surface area contributed by atoms with Crippen LogP contribution in [0.2, 0.25) is 0 Å². The first-order valence-corrected chi connectivity index (χ1v) is 5.97. The van der Waals surface area contributed by atoms with Crippen molar-refractivity contribution in [1.82, 2.24) is 0 Å². The second-order valence-electron chi connectivity index (χ2n) is 4.15. The van der Waals surface area contributed by atoms with Gasteiger partial charge in [-0.15, -0.1) is 0 Å². The molecule has 0 amide bonds. The third kappa shape index (κ3) is 2.49. The smallest absolute Gasteiger partial charge is 0.379 e. The molecule has 1 saturated heterocycles. The molecule has 1 heterocycles. The number of Topliss-reactive ketones (excluding diaryl/α,β-unsaturated/α-hetero) is 1. The van der Waals surface area contributed by atoms with E-state index in [0.29, 0.717) is 17.2 Å². The van der Waals surface area contributed by atoms with E-state index in [4.69, 9.17) is 14.2 Å². The molecule has 7 heteroatoms. The molecule has 0 aliphatic carbocycles. The lowest BCUT2D eigenvalue weighted by Gasteiger charge is -2.14. The largest absolute Gasteiger partial charge is 0.507 e. The second-order valence-corrected chi connectivity index (χ2v) is 4.15. The van der Waals surface area contributed by atoms with Crippen LogP contribution in [0.1, 0.15) is 5.56 Å². The van der Waals surface area contributed by atoms with Gasteiger partial charge in [0.1, 0.15) is 12.4 Å². The number of ether oxygens (including phenoxy) is 4. The van der Waals surface area contributed by atoms with Crippen molar-refractivity contribution in [2.45, 2.75) is 0 Å². The average molecular weight is 294 g/mol. The van der Waals surface area contributed by atoms with Gasteiger partial charge in [-0.25, -0.2) is 4.79 Å². The Morgan fingerprint density at radius 1 is 1.10 bits per heavy atom. The van der Waals surface area contributed by atoms with Gasteiger partial charge < -0.3 is 24.1 Å². The molecule has 0 unspecified atom stereocenters. The van der Waals surface area contributed by atoms with E-state index < -0.39 is 11.8 Å². The Morgan fingerprint density at radius 3 is 2.05 bits per heavy atom. The summed E-state index contributed by atoms with van der Waals surface area (Å²) < 4.78 is 20.1. The molecule has 0 atom stereocenters. The highest BCUT2D eigenvalue weighted by Gasteiger charge is 2.32. The monoisotopic (exact) mass is 294 g/mol. The summed E-state index contributed by atoms with van der Waals surface area (Å²) >= 11 is 0. The number of aliphatic hydroxyl groups excluding tert-OH is 1. The van der Waals surface area contributed by atoms with Crippen molar-refractivity contribution in [2.24, 2.45) is 0 Å². The Hall–Kier alpha value is -2.70. The van der Waals surface area contributed by atoms with Crippen LogP contribution in [0.15, 0.2) is 17.7 Å². The molecule has 7 nitrogen and oxygen atoms in total. The zero-order valence-corrected chi connectivity index (χ0v) is 11.8. The molecule has 0 spiro atoms. The van der Waals surface area contributed by atoms with Gasteiger partial charge in [-0.3, -0.25) is 4.79 Å². The third-order valence-electron chi connectivity index (χ3n) is 3.03. The van der Waals surface area contributed by atoms with Gasteiger partial charge in [0.25, 0.3) is 5.78 Å². The van der Waals surface area contributed by atoms with Crippen molar-refractivity contribution >= 4 is 17.5 Å². The highest BCUT2D eigenvalue weighted by atomic mass is 16.5. The van der Waals surface area contributed by atoms with Crippen LogP contribution in [0.3, 0.4) is 0 Å². The number of carbonyl (C=O) groups excluding carboxylic acids is 2. The van der Waals surface area contributed by atoms with Crippen LogP contribution in [0.5, 0.6) is 17.2 Å². The lowest BCUT2D eigenvalue weighted by Crippen LogP contribution is -2.08. The first-order chi connectivity index (χ1) is 10.0. The second kappa shape index (κ2) is 5.74. The summed E-state index contributed by atoms with van der Waals surface area (Å²) in [5.74, 6) is -1.21. The van der Waals surface area contributed by atoms with E-state index >= 15 is 0 Å². The number of carbonyl (C=O) groups is 2. The number of methoxy groups -OCH3 is 3. The van der Waals surface area contributed by atoms with Gasteiger partial charge in [-0.1, -0.05) is 0 Å². The van der Waals surface area contributed by atoms with E-state index in [-0.39, 0.29) is 23.5 Å². The highest BCUT2D eigenvalue weighted by molar-refractivity contribution is 6.43. The topological polar surface area (TPSA) is 91.3 Å². The highest BCUT2D eigenvalue weighted by Crippen LogP contribution is 2.40. The fourth-order valence-electron chi connectivity index (χ4n) is 1.96.